The predicted octanol–water partition coefficient (Wildman–Crippen LogP) is 4.13. The van der Waals surface area contributed by atoms with Crippen LogP contribution in [0, 0.1) is 5.82 Å². The van der Waals surface area contributed by atoms with Crippen LogP contribution >= 0.6 is 27.5 Å². The van der Waals surface area contributed by atoms with Gasteiger partial charge in [-0.3, -0.25) is 0 Å². The highest BCUT2D eigenvalue weighted by atomic mass is 79.9. The SMILES string of the molecule is O=C(O)c1ncc(Br)cc1Oc1ccc(F)c(Cl)c1. The molecule has 0 aliphatic heterocycles. The summed E-state index contributed by atoms with van der Waals surface area (Å²) >= 11 is 8.78. The summed E-state index contributed by atoms with van der Waals surface area (Å²) in [5, 5.41) is 8.88. The molecular weight excluding hydrogens is 340 g/mol. The van der Waals surface area contributed by atoms with Crippen molar-refractivity contribution in [3.05, 3.63) is 51.5 Å². The number of aromatic carboxylic acids is 1. The molecule has 0 fully saturated rings. The van der Waals surface area contributed by atoms with Gasteiger partial charge < -0.3 is 9.84 Å². The molecule has 1 heterocycles. The monoisotopic (exact) mass is 345 g/mol. The lowest BCUT2D eigenvalue weighted by Gasteiger charge is -2.08. The summed E-state index contributed by atoms with van der Waals surface area (Å²) in [5.41, 5.74) is -0.247. The summed E-state index contributed by atoms with van der Waals surface area (Å²) in [4.78, 5) is 14.7. The number of carbonyl (C=O) groups is 1. The van der Waals surface area contributed by atoms with Gasteiger partial charge in [-0.05, 0) is 34.1 Å². The van der Waals surface area contributed by atoms with Crippen LogP contribution in [0.1, 0.15) is 10.5 Å². The molecule has 0 spiro atoms. The number of nitrogens with zero attached hydrogens (tertiary/aromatic N) is 1. The zero-order chi connectivity index (χ0) is 14.0. The van der Waals surface area contributed by atoms with Crippen LogP contribution in [-0.4, -0.2) is 16.1 Å². The van der Waals surface area contributed by atoms with Crippen LogP contribution in [0.3, 0.4) is 0 Å². The molecule has 0 saturated heterocycles. The van der Waals surface area contributed by atoms with Crippen molar-refractivity contribution in [1.29, 1.82) is 0 Å². The van der Waals surface area contributed by atoms with Crippen molar-refractivity contribution in [3.8, 4) is 11.5 Å². The van der Waals surface area contributed by atoms with E-state index < -0.39 is 11.8 Å². The third-order valence-corrected chi connectivity index (χ3v) is 2.86. The van der Waals surface area contributed by atoms with Gasteiger partial charge >= 0.3 is 5.97 Å². The van der Waals surface area contributed by atoms with E-state index in [4.69, 9.17) is 21.4 Å². The third-order valence-electron chi connectivity index (χ3n) is 2.14. The highest BCUT2D eigenvalue weighted by molar-refractivity contribution is 9.10. The highest BCUT2D eigenvalue weighted by Crippen LogP contribution is 2.29. The lowest BCUT2D eigenvalue weighted by molar-refractivity contribution is 0.0687. The number of halogens is 3. The molecule has 0 aliphatic carbocycles. The van der Waals surface area contributed by atoms with Crippen LogP contribution in [0.25, 0.3) is 0 Å². The topological polar surface area (TPSA) is 59.4 Å². The van der Waals surface area contributed by atoms with E-state index in [2.05, 4.69) is 20.9 Å². The number of hydrogen-bond acceptors (Lipinski definition) is 3. The Morgan fingerprint density at radius 3 is 2.79 bits per heavy atom. The normalized spacial score (nSPS) is 10.3. The predicted molar refractivity (Wildman–Crippen MR) is 70.4 cm³/mol. The Morgan fingerprint density at radius 1 is 1.42 bits per heavy atom. The lowest BCUT2D eigenvalue weighted by Crippen LogP contribution is -2.03. The van der Waals surface area contributed by atoms with E-state index in [1.807, 2.05) is 0 Å². The molecule has 1 N–H and O–H groups in total. The van der Waals surface area contributed by atoms with Crippen LogP contribution in [0.5, 0.6) is 11.5 Å². The zero-order valence-corrected chi connectivity index (χ0v) is 11.6. The number of hydrogen-bond donors (Lipinski definition) is 1. The quantitative estimate of drug-likeness (QED) is 0.908. The molecule has 0 saturated carbocycles. The van der Waals surface area contributed by atoms with Crippen molar-refractivity contribution < 1.29 is 19.0 Å². The minimum absolute atomic E-state index is 0.0320. The molecule has 2 aromatic rings. The van der Waals surface area contributed by atoms with Crippen LogP contribution in [0.15, 0.2) is 34.9 Å². The van der Waals surface area contributed by atoms with Gasteiger partial charge in [0.15, 0.2) is 11.4 Å². The molecule has 2 rings (SSSR count). The van der Waals surface area contributed by atoms with Gasteiger partial charge in [0.1, 0.15) is 11.6 Å². The lowest BCUT2D eigenvalue weighted by atomic mass is 10.3. The molecule has 1 aromatic carbocycles. The number of benzene rings is 1. The van der Waals surface area contributed by atoms with E-state index >= 15 is 0 Å². The first-order valence-electron chi connectivity index (χ1n) is 4.99. The Balaban J connectivity index is 2.39. The van der Waals surface area contributed by atoms with Gasteiger partial charge in [-0.2, -0.15) is 0 Å². The number of carboxylic acid groups (broad SMARTS) is 1. The first-order valence-corrected chi connectivity index (χ1v) is 6.16. The standard InChI is InChI=1S/C12H6BrClFNO3/c13-6-3-10(11(12(17)18)16-5-6)19-7-1-2-9(15)8(14)4-7/h1-5H,(H,17,18). The summed E-state index contributed by atoms with van der Waals surface area (Å²) in [6.45, 7) is 0. The van der Waals surface area contributed by atoms with Crippen molar-refractivity contribution in [2.24, 2.45) is 0 Å². The van der Waals surface area contributed by atoms with E-state index in [9.17, 15) is 9.18 Å². The molecule has 0 bridgehead atoms. The van der Waals surface area contributed by atoms with Crippen LogP contribution in [-0.2, 0) is 0 Å². The fourth-order valence-corrected chi connectivity index (χ4v) is 1.81. The average molecular weight is 347 g/mol. The summed E-state index contributed by atoms with van der Waals surface area (Å²) in [6, 6.07) is 5.18. The van der Waals surface area contributed by atoms with E-state index in [0.717, 1.165) is 6.07 Å². The van der Waals surface area contributed by atoms with Gasteiger partial charge in [0.25, 0.3) is 0 Å². The summed E-state index contributed by atoms with van der Waals surface area (Å²) in [7, 11) is 0. The van der Waals surface area contributed by atoms with Crippen LogP contribution in [0.2, 0.25) is 5.02 Å². The molecule has 19 heavy (non-hydrogen) atoms. The number of aromatic nitrogens is 1. The number of ether oxygens (including phenoxy) is 1. The van der Waals surface area contributed by atoms with Crippen LogP contribution < -0.4 is 4.74 Å². The fourth-order valence-electron chi connectivity index (χ4n) is 1.33. The summed E-state index contributed by atoms with van der Waals surface area (Å²) in [6.07, 6.45) is 1.34. The second kappa shape index (κ2) is 5.54. The van der Waals surface area contributed by atoms with Crippen molar-refractivity contribution in [1.82, 2.24) is 4.98 Å². The molecule has 0 aliphatic rings. The van der Waals surface area contributed by atoms with Gasteiger partial charge in [0.05, 0.1) is 5.02 Å². The van der Waals surface area contributed by atoms with Gasteiger partial charge in [0, 0.05) is 16.7 Å². The second-order valence-corrected chi connectivity index (χ2v) is 4.81. The molecule has 4 nitrogen and oxygen atoms in total. The van der Waals surface area contributed by atoms with E-state index in [1.165, 1.54) is 24.4 Å². The Bertz CT molecular complexity index is 651. The Hall–Kier alpha value is -1.66. The minimum atomic E-state index is -1.23. The van der Waals surface area contributed by atoms with E-state index in [-0.39, 0.29) is 22.2 Å². The maximum absolute atomic E-state index is 13.0. The number of carboxylic acids is 1. The Morgan fingerprint density at radius 2 is 2.16 bits per heavy atom. The Kier molecular flexibility index (Phi) is 4.01. The largest absolute Gasteiger partial charge is 0.476 e. The zero-order valence-electron chi connectivity index (χ0n) is 9.23. The first kappa shape index (κ1) is 13.8. The number of pyridine rings is 1. The minimum Gasteiger partial charge on any atom is -0.476 e. The smallest absolute Gasteiger partial charge is 0.358 e. The first-order chi connectivity index (χ1) is 8.97. The molecule has 98 valence electrons. The van der Waals surface area contributed by atoms with Gasteiger partial charge in [-0.1, -0.05) is 11.6 Å². The molecule has 7 heteroatoms. The maximum Gasteiger partial charge on any atom is 0.358 e. The van der Waals surface area contributed by atoms with Crippen molar-refractivity contribution >= 4 is 33.5 Å². The molecule has 0 unspecified atom stereocenters. The van der Waals surface area contributed by atoms with Crippen molar-refractivity contribution in [2.75, 3.05) is 0 Å². The molecule has 0 atom stereocenters. The molecule has 0 amide bonds. The van der Waals surface area contributed by atoms with Gasteiger partial charge in [0.2, 0.25) is 0 Å². The van der Waals surface area contributed by atoms with Crippen molar-refractivity contribution in [3.63, 3.8) is 0 Å². The van der Waals surface area contributed by atoms with Crippen LogP contribution in [0.4, 0.5) is 4.39 Å². The molecule has 0 radical (unpaired) electrons. The van der Waals surface area contributed by atoms with Gasteiger partial charge in [-0.25, -0.2) is 14.2 Å². The van der Waals surface area contributed by atoms with E-state index in [1.54, 1.807) is 0 Å². The fraction of sp³-hybridized carbons (Fsp3) is 0. The average Bonchev–Trinajstić information content (AvgIpc) is 2.33. The molecule has 1 aromatic heterocycles. The maximum atomic E-state index is 13.0. The summed E-state index contributed by atoms with van der Waals surface area (Å²) < 4.78 is 18.9. The second-order valence-electron chi connectivity index (χ2n) is 3.48. The third kappa shape index (κ3) is 3.21. The van der Waals surface area contributed by atoms with Gasteiger partial charge in [-0.15, -0.1) is 0 Å². The Labute approximate surface area is 120 Å². The van der Waals surface area contributed by atoms with Crippen molar-refractivity contribution in [2.45, 2.75) is 0 Å². The molecular formula is C12H6BrClFNO3. The number of rotatable bonds is 3. The highest BCUT2D eigenvalue weighted by Gasteiger charge is 2.15. The summed E-state index contributed by atoms with van der Waals surface area (Å²) in [5.74, 6) is -1.56. The van der Waals surface area contributed by atoms with E-state index in [0.29, 0.717) is 4.47 Å².